The third-order valence-electron chi connectivity index (χ3n) is 2.74. The van der Waals surface area contributed by atoms with E-state index in [9.17, 15) is 17.6 Å². The summed E-state index contributed by atoms with van der Waals surface area (Å²) in [7, 11) is -3.78. The summed E-state index contributed by atoms with van der Waals surface area (Å²) in [6, 6.07) is 6.99. The van der Waals surface area contributed by atoms with Crippen LogP contribution in [0.4, 0.5) is 4.39 Å². The highest BCUT2D eigenvalue weighted by Crippen LogP contribution is 2.10. The molecule has 0 spiro atoms. The van der Waals surface area contributed by atoms with Gasteiger partial charge in [0.15, 0.2) is 0 Å². The largest absolute Gasteiger partial charge is 0.326 e. The molecule has 112 valence electrons. The molecule has 8 heteroatoms. The van der Waals surface area contributed by atoms with Crippen LogP contribution >= 0.6 is 11.6 Å². The lowest BCUT2D eigenvalue weighted by Crippen LogP contribution is -2.26. The molecule has 0 bridgehead atoms. The van der Waals surface area contributed by atoms with Gasteiger partial charge in [0.2, 0.25) is 10.0 Å². The van der Waals surface area contributed by atoms with Gasteiger partial charge in [-0.2, -0.15) is 0 Å². The van der Waals surface area contributed by atoms with Gasteiger partial charge in [0, 0.05) is 12.7 Å². The summed E-state index contributed by atoms with van der Waals surface area (Å²) in [5.41, 5.74) is 0.118. The summed E-state index contributed by atoms with van der Waals surface area (Å²) in [6.07, 6.45) is 1.41. The van der Waals surface area contributed by atoms with Gasteiger partial charge >= 0.3 is 0 Å². The van der Waals surface area contributed by atoms with Crippen molar-refractivity contribution in [3.05, 3.63) is 63.3 Å². The molecule has 0 unspecified atom stereocenters. The lowest BCUT2D eigenvalue weighted by Gasteiger charge is -2.07. The van der Waals surface area contributed by atoms with Gasteiger partial charge in [-0.1, -0.05) is 23.7 Å². The minimum absolute atomic E-state index is 0.0997. The Balaban J connectivity index is 2.04. The van der Waals surface area contributed by atoms with Gasteiger partial charge in [-0.3, -0.25) is 4.79 Å². The number of hydrogen-bond acceptors (Lipinski definition) is 3. The average Bonchev–Trinajstić information content (AvgIpc) is 2.41. The van der Waals surface area contributed by atoms with Gasteiger partial charge in [-0.15, -0.1) is 0 Å². The van der Waals surface area contributed by atoms with Gasteiger partial charge in [-0.25, -0.2) is 17.5 Å². The van der Waals surface area contributed by atoms with Crippen LogP contribution in [0.5, 0.6) is 0 Å². The van der Waals surface area contributed by atoms with E-state index in [0.717, 1.165) is 12.3 Å². The van der Waals surface area contributed by atoms with Crippen molar-refractivity contribution < 1.29 is 12.8 Å². The highest BCUT2D eigenvalue weighted by Gasteiger charge is 2.15. The monoisotopic (exact) mass is 330 g/mol. The first-order chi connectivity index (χ1) is 9.88. The standard InChI is InChI=1S/C13H12ClFN2O3S/c14-12-7-11(8-16-13(12)18)21(19,20)17-5-4-9-2-1-3-10(15)6-9/h1-3,6-8,17H,4-5H2,(H,16,18). The molecule has 0 saturated carbocycles. The quantitative estimate of drug-likeness (QED) is 0.875. The van der Waals surface area contributed by atoms with Crippen LogP contribution in [0, 0.1) is 5.82 Å². The molecular formula is C13H12ClFN2O3S. The molecule has 1 aromatic carbocycles. The summed E-state index contributed by atoms with van der Waals surface area (Å²) in [5.74, 6) is -0.372. The number of nitrogens with one attached hydrogen (secondary N) is 2. The third-order valence-corrected chi connectivity index (χ3v) is 4.46. The Hall–Kier alpha value is -1.70. The van der Waals surface area contributed by atoms with Gasteiger partial charge < -0.3 is 4.98 Å². The summed E-state index contributed by atoms with van der Waals surface area (Å²) >= 11 is 5.59. The fraction of sp³-hybridized carbons (Fsp3) is 0.154. The zero-order valence-electron chi connectivity index (χ0n) is 10.8. The van der Waals surface area contributed by atoms with E-state index in [4.69, 9.17) is 11.6 Å². The van der Waals surface area contributed by atoms with Crippen LogP contribution in [0.25, 0.3) is 0 Å². The maximum Gasteiger partial charge on any atom is 0.266 e. The van der Waals surface area contributed by atoms with Crippen LogP contribution in [-0.4, -0.2) is 19.9 Å². The van der Waals surface area contributed by atoms with Gasteiger partial charge in [-0.05, 0) is 30.2 Å². The number of aromatic nitrogens is 1. The molecule has 0 amide bonds. The minimum atomic E-state index is -3.78. The van der Waals surface area contributed by atoms with Crippen molar-refractivity contribution in [1.82, 2.24) is 9.71 Å². The molecule has 2 aromatic rings. The van der Waals surface area contributed by atoms with E-state index in [1.54, 1.807) is 12.1 Å². The molecule has 0 fully saturated rings. The first kappa shape index (κ1) is 15.7. The second-order valence-corrected chi connectivity index (χ2v) is 6.46. The number of sulfonamides is 1. The minimum Gasteiger partial charge on any atom is -0.326 e. The number of H-pyrrole nitrogens is 1. The highest BCUT2D eigenvalue weighted by molar-refractivity contribution is 7.89. The van der Waals surface area contributed by atoms with Gasteiger partial charge in [0.25, 0.3) is 5.56 Å². The molecule has 1 heterocycles. The normalized spacial score (nSPS) is 11.5. The van der Waals surface area contributed by atoms with Gasteiger partial charge in [0.1, 0.15) is 10.8 Å². The molecule has 21 heavy (non-hydrogen) atoms. The molecule has 0 aliphatic heterocycles. The number of hydrogen-bond donors (Lipinski definition) is 2. The molecular weight excluding hydrogens is 319 g/mol. The Morgan fingerprint density at radius 2 is 2.05 bits per heavy atom. The molecule has 1 aromatic heterocycles. The molecule has 0 atom stereocenters. The van der Waals surface area contributed by atoms with E-state index < -0.39 is 15.6 Å². The van der Waals surface area contributed by atoms with Crippen molar-refractivity contribution in [3.8, 4) is 0 Å². The number of halogens is 2. The number of aromatic amines is 1. The van der Waals surface area contributed by atoms with Crippen LogP contribution < -0.4 is 10.3 Å². The number of benzene rings is 1. The summed E-state index contributed by atoms with van der Waals surface area (Å²) in [6.45, 7) is 0.0997. The second kappa shape index (κ2) is 6.38. The average molecular weight is 331 g/mol. The maximum atomic E-state index is 13.0. The molecule has 0 radical (unpaired) electrons. The fourth-order valence-electron chi connectivity index (χ4n) is 1.70. The Bertz CT molecular complexity index is 805. The fourth-order valence-corrected chi connectivity index (χ4v) is 2.96. The van der Waals surface area contributed by atoms with Crippen molar-refractivity contribution in [3.63, 3.8) is 0 Å². The van der Waals surface area contributed by atoms with Crippen LogP contribution in [0.1, 0.15) is 5.56 Å². The van der Waals surface area contributed by atoms with E-state index in [2.05, 4.69) is 9.71 Å². The Kier molecular flexibility index (Phi) is 4.76. The lowest BCUT2D eigenvalue weighted by molar-refractivity contribution is 0.581. The van der Waals surface area contributed by atoms with E-state index in [1.807, 2.05) is 0 Å². The van der Waals surface area contributed by atoms with Crippen molar-refractivity contribution in [2.75, 3.05) is 6.54 Å². The summed E-state index contributed by atoms with van der Waals surface area (Å²) in [5, 5.41) is -0.206. The predicted octanol–water partition coefficient (Wildman–Crippen LogP) is 1.69. The Morgan fingerprint density at radius 1 is 1.29 bits per heavy atom. The molecule has 5 nitrogen and oxygen atoms in total. The highest BCUT2D eigenvalue weighted by atomic mass is 35.5. The summed E-state index contributed by atoms with van der Waals surface area (Å²) in [4.78, 5) is 13.2. The van der Waals surface area contributed by atoms with Crippen molar-refractivity contribution in [1.29, 1.82) is 0 Å². The molecule has 2 N–H and O–H groups in total. The van der Waals surface area contributed by atoms with Crippen molar-refractivity contribution in [2.24, 2.45) is 0 Å². The van der Waals surface area contributed by atoms with Crippen LogP contribution in [-0.2, 0) is 16.4 Å². The predicted molar refractivity (Wildman–Crippen MR) is 77.4 cm³/mol. The Morgan fingerprint density at radius 3 is 2.71 bits per heavy atom. The van der Waals surface area contributed by atoms with Crippen LogP contribution in [0.2, 0.25) is 5.02 Å². The zero-order valence-corrected chi connectivity index (χ0v) is 12.3. The molecule has 0 saturated heterocycles. The lowest BCUT2D eigenvalue weighted by atomic mass is 10.1. The SMILES string of the molecule is O=c1[nH]cc(S(=O)(=O)NCCc2cccc(F)c2)cc1Cl. The first-order valence-corrected chi connectivity index (χ1v) is 7.87. The molecule has 2 rings (SSSR count). The molecule has 0 aliphatic carbocycles. The van der Waals surface area contributed by atoms with Crippen LogP contribution in [0.15, 0.2) is 46.2 Å². The smallest absolute Gasteiger partial charge is 0.266 e. The first-order valence-electron chi connectivity index (χ1n) is 6.01. The van der Waals surface area contributed by atoms with Gasteiger partial charge in [0.05, 0.1) is 4.90 Å². The number of rotatable bonds is 5. The third kappa shape index (κ3) is 4.13. The Labute approximate surface area is 125 Å². The maximum absolute atomic E-state index is 13.0. The van der Waals surface area contributed by atoms with Crippen molar-refractivity contribution >= 4 is 21.6 Å². The number of pyridine rings is 1. The zero-order chi connectivity index (χ0) is 15.5. The van der Waals surface area contributed by atoms with Crippen LogP contribution in [0.3, 0.4) is 0 Å². The van der Waals surface area contributed by atoms with E-state index in [1.165, 1.54) is 12.1 Å². The second-order valence-electron chi connectivity index (χ2n) is 4.29. The van der Waals surface area contributed by atoms with E-state index >= 15 is 0 Å². The van der Waals surface area contributed by atoms with Crippen molar-refractivity contribution in [2.45, 2.75) is 11.3 Å². The topological polar surface area (TPSA) is 79.0 Å². The summed E-state index contributed by atoms with van der Waals surface area (Å²) < 4.78 is 39.3. The van der Waals surface area contributed by atoms with E-state index in [0.29, 0.717) is 12.0 Å². The van der Waals surface area contributed by atoms with E-state index in [-0.39, 0.29) is 22.3 Å². The molecule has 0 aliphatic rings.